The first-order chi connectivity index (χ1) is 11.0. The zero-order valence-corrected chi connectivity index (χ0v) is 13.4. The molecule has 0 saturated heterocycles. The Kier molecular flexibility index (Phi) is 4.91. The molecular formula is C17H19N3O3. The van der Waals surface area contributed by atoms with Gasteiger partial charge >= 0.3 is 5.97 Å². The van der Waals surface area contributed by atoms with Gasteiger partial charge in [0, 0.05) is 11.9 Å². The Hall–Kier alpha value is -2.94. The van der Waals surface area contributed by atoms with Crippen LogP contribution in [0.5, 0.6) is 5.75 Å². The van der Waals surface area contributed by atoms with Crippen LogP contribution in [0.2, 0.25) is 0 Å². The first-order valence-corrected chi connectivity index (χ1v) is 7.20. The van der Waals surface area contributed by atoms with Crippen molar-refractivity contribution < 1.29 is 14.3 Å². The molecule has 0 spiro atoms. The van der Waals surface area contributed by atoms with E-state index in [1.54, 1.807) is 28.8 Å². The van der Waals surface area contributed by atoms with Crippen molar-refractivity contribution in [2.45, 2.75) is 13.8 Å². The van der Waals surface area contributed by atoms with Crippen molar-refractivity contribution in [1.29, 1.82) is 5.26 Å². The van der Waals surface area contributed by atoms with Gasteiger partial charge in [0.25, 0.3) is 0 Å². The largest absolute Gasteiger partial charge is 0.493 e. The van der Waals surface area contributed by atoms with Crippen LogP contribution in [0.3, 0.4) is 0 Å². The van der Waals surface area contributed by atoms with Gasteiger partial charge < -0.3 is 19.8 Å². The van der Waals surface area contributed by atoms with E-state index in [4.69, 9.17) is 20.5 Å². The summed E-state index contributed by atoms with van der Waals surface area (Å²) in [5.41, 5.74) is 7.04. The van der Waals surface area contributed by atoms with E-state index in [9.17, 15) is 4.79 Å². The van der Waals surface area contributed by atoms with Gasteiger partial charge in [0.05, 0.1) is 25.0 Å². The van der Waals surface area contributed by atoms with Crippen LogP contribution in [-0.2, 0) is 4.74 Å². The minimum absolute atomic E-state index is 0.111. The fourth-order valence-electron chi connectivity index (χ4n) is 2.08. The van der Waals surface area contributed by atoms with E-state index in [1.807, 2.05) is 6.07 Å². The van der Waals surface area contributed by atoms with Gasteiger partial charge in [-0.1, -0.05) is 13.8 Å². The molecule has 0 aliphatic heterocycles. The predicted octanol–water partition coefficient (Wildman–Crippen LogP) is 2.75. The first-order valence-electron chi connectivity index (χ1n) is 7.20. The van der Waals surface area contributed by atoms with Crippen molar-refractivity contribution in [3.05, 3.63) is 41.7 Å². The number of anilines is 1. The molecule has 6 heteroatoms. The van der Waals surface area contributed by atoms with Crippen molar-refractivity contribution in [3.8, 4) is 17.5 Å². The van der Waals surface area contributed by atoms with Gasteiger partial charge in [0.1, 0.15) is 11.8 Å². The summed E-state index contributed by atoms with van der Waals surface area (Å²) in [6.07, 6.45) is 1.52. The number of nitrogens with two attached hydrogens (primary N) is 1. The number of hydrogen-bond acceptors (Lipinski definition) is 5. The zero-order chi connectivity index (χ0) is 17.0. The molecule has 23 heavy (non-hydrogen) atoms. The van der Waals surface area contributed by atoms with Gasteiger partial charge in [-0.05, 0) is 30.2 Å². The average Bonchev–Trinajstić information content (AvgIpc) is 2.89. The third-order valence-electron chi connectivity index (χ3n) is 3.24. The number of nitrogens with zero attached hydrogens (tertiary/aromatic N) is 2. The molecule has 0 atom stereocenters. The number of nitriles is 1. The van der Waals surface area contributed by atoms with E-state index in [1.165, 1.54) is 13.3 Å². The number of ether oxygens (including phenoxy) is 2. The Morgan fingerprint density at radius 3 is 2.52 bits per heavy atom. The highest BCUT2D eigenvalue weighted by molar-refractivity contribution is 5.95. The lowest BCUT2D eigenvalue weighted by Gasteiger charge is -2.11. The van der Waals surface area contributed by atoms with Crippen LogP contribution in [0.15, 0.2) is 30.5 Å². The number of hydrogen-bond donors (Lipinski definition) is 1. The molecule has 0 amide bonds. The highest BCUT2D eigenvalue weighted by Crippen LogP contribution is 2.25. The Bertz CT molecular complexity index is 740. The molecule has 0 fully saturated rings. The lowest BCUT2D eigenvalue weighted by molar-refractivity contribution is 0.0593. The number of esters is 1. The number of benzene rings is 1. The molecular weight excluding hydrogens is 294 g/mol. The van der Waals surface area contributed by atoms with E-state index < -0.39 is 5.97 Å². The minimum Gasteiger partial charge on any atom is -0.493 e. The monoisotopic (exact) mass is 313 g/mol. The summed E-state index contributed by atoms with van der Waals surface area (Å²) in [6, 6.07) is 9.17. The van der Waals surface area contributed by atoms with Crippen molar-refractivity contribution in [2.75, 3.05) is 19.5 Å². The molecule has 1 aromatic carbocycles. The van der Waals surface area contributed by atoms with Crippen molar-refractivity contribution >= 4 is 11.7 Å². The number of carbonyl (C=O) groups excluding carboxylic acids is 1. The molecule has 0 bridgehead atoms. The summed E-state index contributed by atoms with van der Waals surface area (Å²) in [5.74, 6) is 0.579. The van der Waals surface area contributed by atoms with Crippen LogP contribution in [0.4, 0.5) is 5.69 Å². The van der Waals surface area contributed by atoms with Crippen LogP contribution >= 0.6 is 0 Å². The van der Waals surface area contributed by atoms with Crippen LogP contribution in [0.25, 0.3) is 5.69 Å². The van der Waals surface area contributed by atoms with E-state index >= 15 is 0 Å². The van der Waals surface area contributed by atoms with Crippen LogP contribution in [-0.4, -0.2) is 24.3 Å². The smallest absolute Gasteiger partial charge is 0.357 e. The molecule has 0 aliphatic rings. The molecule has 0 radical (unpaired) electrons. The summed E-state index contributed by atoms with van der Waals surface area (Å²) in [5, 5.41) is 9.11. The second-order valence-electron chi connectivity index (χ2n) is 5.48. The maximum Gasteiger partial charge on any atom is 0.357 e. The highest BCUT2D eigenvalue weighted by atomic mass is 16.5. The van der Waals surface area contributed by atoms with Crippen molar-refractivity contribution in [2.24, 2.45) is 5.92 Å². The fraction of sp³-hybridized carbons (Fsp3) is 0.294. The Labute approximate surface area is 135 Å². The van der Waals surface area contributed by atoms with Crippen molar-refractivity contribution in [1.82, 2.24) is 4.57 Å². The van der Waals surface area contributed by atoms with Crippen LogP contribution < -0.4 is 10.5 Å². The molecule has 2 N–H and O–H groups in total. The molecule has 1 heterocycles. The second-order valence-corrected chi connectivity index (χ2v) is 5.48. The molecule has 6 nitrogen and oxygen atoms in total. The normalized spacial score (nSPS) is 10.4. The number of methoxy groups -OCH3 is 1. The van der Waals surface area contributed by atoms with Gasteiger partial charge in [0.2, 0.25) is 0 Å². The number of aromatic nitrogens is 1. The summed E-state index contributed by atoms with van der Waals surface area (Å²) in [7, 11) is 1.27. The highest BCUT2D eigenvalue weighted by Gasteiger charge is 2.21. The molecule has 0 aliphatic carbocycles. The third-order valence-corrected chi connectivity index (χ3v) is 3.24. The van der Waals surface area contributed by atoms with Gasteiger partial charge in [-0.3, -0.25) is 0 Å². The summed E-state index contributed by atoms with van der Waals surface area (Å²) in [6.45, 7) is 4.77. The summed E-state index contributed by atoms with van der Waals surface area (Å²) in [4.78, 5) is 11.9. The maximum absolute atomic E-state index is 11.9. The van der Waals surface area contributed by atoms with Gasteiger partial charge in [-0.2, -0.15) is 5.26 Å². The molecule has 0 unspecified atom stereocenters. The topological polar surface area (TPSA) is 90.3 Å². The van der Waals surface area contributed by atoms with Crippen molar-refractivity contribution in [3.63, 3.8) is 0 Å². The number of carbonyl (C=O) groups is 1. The third kappa shape index (κ3) is 3.46. The standard InChI is InChI=1S/C17H19N3O3/c1-11(2)10-23-14-6-4-13(5-7-14)20-9-12(8-18)15(19)16(20)17(21)22-3/h4-7,9,11H,10,19H2,1-3H3. The number of rotatable bonds is 5. The molecule has 0 saturated carbocycles. The van der Waals surface area contributed by atoms with E-state index in [0.717, 1.165) is 5.75 Å². The molecule has 2 aromatic rings. The Morgan fingerprint density at radius 2 is 2.00 bits per heavy atom. The Balaban J connectivity index is 2.38. The lowest BCUT2D eigenvalue weighted by Crippen LogP contribution is -2.11. The van der Waals surface area contributed by atoms with E-state index in [-0.39, 0.29) is 16.9 Å². The maximum atomic E-state index is 11.9. The van der Waals surface area contributed by atoms with Gasteiger partial charge in [0.15, 0.2) is 5.69 Å². The minimum atomic E-state index is -0.593. The Morgan fingerprint density at radius 1 is 1.35 bits per heavy atom. The van der Waals surface area contributed by atoms with Crippen LogP contribution in [0.1, 0.15) is 29.9 Å². The molecule has 1 aromatic heterocycles. The second kappa shape index (κ2) is 6.88. The van der Waals surface area contributed by atoms with Gasteiger partial charge in [-0.25, -0.2) is 4.79 Å². The predicted molar refractivity (Wildman–Crippen MR) is 86.6 cm³/mol. The zero-order valence-electron chi connectivity index (χ0n) is 13.4. The van der Waals surface area contributed by atoms with E-state index in [0.29, 0.717) is 18.2 Å². The summed E-state index contributed by atoms with van der Waals surface area (Å²) >= 11 is 0. The lowest BCUT2D eigenvalue weighted by atomic mass is 10.2. The quantitative estimate of drug-likeness (QED) is 0.857. The molecule has 2 rings (SSSR count). The average molecular weight is 313 g/mol. The SMILES string of the molecule is COC(=O)c1c(N)c(C#N)cn1-c1ccc(OCC(C)C)cc1. The first kappa shape index (κ1) is 16.4. The van der Waals surface area contributed by atoms with E-state index in [2.05, 4.69) is 13.8 Å². The fourth-order valence-corrected chi connectivity index (χ4v) is 2.08. The van der Waals surface area contributed by atoms with Crippen LogP contribution in [0, 0.1) is 17.2 Å². The summed E-state index contributed by atoms with van der Waals surface area (Å²) < 4.78 is 11.9. The van der Waals surface area contributed by atoms with Gasteiger partial charge in [-0.15, -0.1) is 0 Å². The molecule has 120 valence electrons. The number of nitrogen functional groups attached to an aromatic ring is 1.